The molecule has 1 amide bonds. The maximum Gasteiger partial charge on any atom is 0.291 e. The highest BCUT2D eigenvalue weighted by molar-refractivity contribution is 7.89. The van der Waals surface area contributed by atoms with E-state index in [1.54, 1.807) is 23.8 Å². The summed E-state index contributed by atoms with van der Waals surface area (Å²) in [5.74, 6) is 0.782. The summed E-state index contributed by atoms with van der Waals surface area (Å²) in [5, 5.41) is 7.56. The molecule has 3 aromatic rings. The number of piperazine rings is 1. The number of carbonyl (C=O) groups is 1. The van der Waals surface area contributed by atoms with E-state index in [4.69, 9.17) is 9.72 Å². The van der Waals surface area contributed by atoms with E-state index in [0.717, 1.165) is 49.9 Å². The number of halogens is 2. The van der Waals surface area contributed by atoms with Gasteiger partial charge >= 0.3 is 0 Å². The Morgan fingerprint density at radius 3 is 2.39 bits per heavy atom. The maximum absolute atomic E-state index is 13.6. The molecule has 4 aliphatic rings. The van der Waals surface area contributed by atoms with Crippen LogP contribution in [0.5, 0.6) is 0 Å². The van der Waals surface area contributed by atoms with Gasteiger partial charge in [0.15, 0.2) is 5.01 Å². The second kappa shape index (κ2) is 9.38. The van der Waals surface area contributed by atoms with Crippen molar-refractivity contribution in [1.29, 1.82) is 0 Å². The van der Waals surface area contributed by atoms with Crippen molar-refractivity contribution in [3.8, 4) is 5.13 Å². The normalized spacial score (nSPS) is 21.6. The molecule has 0 bridgehead atoms. The number of hydrogen-bond donors (Lipinski definition) is 1. The molecule has 3 aliphatic carbocycles. The van der Waals surface area contributed by atoms with Crippen LogP contribution in [0.4, 0.5) is 14.5 Å². The van der Waals surface area contributed by atoms with Crippen LogP contribution in [0.15, 0.2) is 17.0 Å². The van der Waals surface area contributed by atoms with Crippen LogP contribution in [0.1, 0.15) is 68.6 Å². The van der Waals surface area contributed by atoms with Crippen LogP contribution in [0.25, 0.3) is 16.2 Å². The number of methoxy groups -OCH3 is 1. The number of aromatic nitrogens is 4. The zero-order chi connectivity index (χ0) is 28.7. The van der Waals surface area contributed by atoms with Gasteiger partial charge in [0.2, 0.25) is 15.2 Å². The molecule has 2 aromatic heterocycles. The molecule has 0 unspecified atom stereocenters. The smallest absolute Gasteiger partial charge is 0.291 e. The van der Waals surface area contributed by atoms with E-state index >= 15 is 0 Å². The Bertz CT molecular complexity index is 1640. The molecule has 1 aromatic carbocycles. The van der Waals surface area contributed by atoms with Crippen LogP contribution in [0.2, 0.25) is 0 Å². The standard InChI is InChI=1S/C26H31F2N7O4S2/c1-25(5-6-25)32-41(37,38)16-13-17(33-9-11-34(12-10-33)23(36)26(39-2)7-8-26)19-18(14-16)35(21(29-19)15-3-4-15)24-31-30-22(40-24)20(27)28/h13-15,20,32H,3-12H2,1-2H3. The summed E-state index contributed by atoms with van der Waals surface area (Å²) in [7, 11) is -2.34. The number of sulfonamides is 1. The molecule has 7 rings (SSSR count). The first-order chi connectivity index (χ1) is 19.5. The minimum Gasteiger partial charge on any atom is -0.368 e. The van der Waals surface area contributed by atoms with Crippen molar-refractivity contribution in [2.24, 2.45) is 0 Å². The minimum absolute atomic E-state index is 0.00518. The Hall–Kier alpha value is -2.75. The number of nitrogens with one attached hydrogen (secondary N) is 1. The van der Waals surface area contributed by atoms with Crippen molar-refractivity contribution in [1.82, 2.24) is 29.4 Å². The molecule has 3 saturated carbocycles. The molecule has 0 spiro atoms. The number of alkyl halides is 2. The van der Waals surface area contributed by atoms with Gasteiger partial charge in [0, 0.05) is 44.7 Å². The fraction of sp³-hybridized carbons (Fsp3) is 0.615. The molecule has 1 aliphatic heterocycles. The Balaban J connectivity index is 1.32. The average molecular weight is 608 g/mol. The summed E-state index contributed by atoms with van der Waals surface area (Å²) in [6.07, 6.45) is 1.97. The zero-order valence-electron chi connectivity index (χ0n) is 22.8. The number of hydrogen-bond acceptors (Lipinski definition) is 9. The first kappa shape index (κ1) is 27.1. The van der Waals surface area contributed by atoms with Crippen molar-refractivity contribution in [2.45, 2.75) is 73.8 Å². The molecule has 220 valence electrons. The molecule has 4 fully saturated rings. The topological polar surface area (TPSA) is 123 Å². The van der Waals surface area contributed by atoms with Crippen molar-refractivity contribution in [2.75, 3.05) is 38.2 Å². The summed E-state index contributed by atoms with van der Waals surface area (Å²) in [4.78, 5) is 21.9. The fourth-order valence-electron chi connectivity index (χ4n) is 5.50. The quantitative estimate of drug-likeness (QED) is 0.393. The molecule has 0 radical (unpaired) electrons. The molecule has 0 atom stereocenters. The van der Waals surface area contributed by atoms with Gasteiger partial charge in [-0.25, -0.2) is 26.9 Å². The second-order valence-electron chi connectivity index (χ2n) is 11.8. The number of anilines is 1. The number of fused-ring (bicyclic) bond motifs is 1. The van der Waals surface area contributed by atoms with Gasteiger partial charge in [0.1, 0.15) is 16.9 Å². The number of carbonyl (C=O) groups excluding carboxylic acids is 1. The van der Waals surface area contributed by atoms with Gasteiger partial charge < -0.3 is 14.5 Å². The highest BCUT2D eigenvalue weighted by Crippen LogP contribution is 2.45. The van der Waals surface area contributed by atoms with Crippen molar-refractivity contribution in [3.63, 3.8) is 0 Å². The second-order valence-corrected chi connectivity index (χ2v) is 14.4. The molecule has 15 heteroatoms. The molecule has 11 nitrogen and oxygen atoms in total. The average Bonchev–Trinajstić information content (AvgIpc) is 3.91. The van der Waals surface area contributed by atoms with E-state index in [9.17, 15) is 22.0 Å². The van der Waals surface area contributed by atoms with Crippen molar-refractivity contribution >= 4 is 44.0 Å². The third-order valence-corrected chi connectivity index (χ3v) is 11.1. The van der Waals surface area contributed by atoms with E-state index in [0.29, 0.717) is 48.7 Å². The lowest BCUT2D eigenvalue weighted by Gasteiger charge is -2.37. The zero-order valence-corrected chi connectivity index (χ0v) is 24.4. The first-order valence-electron chi connectivity index (χ1n) is 13.8. The fourth-order valence-corrected chi connectivity index (χ4v) is 7.73. The highest BCUT2D eigenvalue weighted by atomic mass is 32.2. The number of amides is 1. The maximum atomic E-state index is 13.6. The SMILES string of the molecule is COC1(C(=O)N2CCN(c3cc(S(=O)(=O)NC4(C)CC4)cc4c3nc(C3CC3)n4-c3nnc(C(F)F)s3)CC2)CC1. The monoisotopic (exact) mass is 607 g/mol. The predicted octanol–water partition coefficient (Wildman–Crippen LogP) is 3.35. The number of rotatable bonds is 9. The first-order valence-corrected chi connectivity index (χ1v) is 16.1. The summed E-state index contributed by atoms with van der Waals surface area (Å²) in [6.45, 7) is 3.76. The number of imidazole rings is 1. The van der Waals surface area contributed by atoms with Gasteiger partial charge in [-0.05, 0) is 57.6 Å². The Morgan fingerprint density at radius 1 is 1.12 bits per heavy atom. The van der Waals surface area contributed by atoms with E-state index < -0.39 is 32.6 Å². The van der Waals surface area contributed by atoms with Crippen molar-refractivity contribution in [3.05, 3.63) is 23.0 Å². The molecule has 1 saturated heterocycles. The summed E-state index contributed by atoms with van der Waals surface area (Å²) >= 11 is 0.778. The Labute approximate surface area is 239 Å². The van der Waals surface area contributed by atoms with Gasteiger partial charge in [0.25, 0.3) is 12.3 Å². The molecule has 1 N–H and O–H groups in total. The van der Waals surface area contributed by atoms with Crippen LogP contribution in [-0.2, 0) is 19.6 Å². The van der Waals surface area contributed by atoms with Crippen LogP contribution in [-0.4, -0.2) is 83.4 Å². The third-order valence-electron chi connectivity index (χ3n) is 8.57. The molecular formula is C26H31F2N7O4S2. The van der Waals surface area contributed by atoms with E-state index in [1.807, 2.05) is 11.8 Å². The Kier molecular flexibility index (Phi) is 6.20. The van der Waals surface area contributed by atoms with Crippen LogP contribution < -0.4 is 9.62 Å². The van der Waals surface area contributed by atoms with E-state index in [2.05, 4.69) is 19.8 Å². The molecular weight excluding hydrogens is 576 g/mol. The van der Waals surface area contributed by atoms with E-state index in [-0.39, 0.29) is 21.9 Å². The summed E-state index contributed by atoms with van der Waals surface area (Å²) in [6, 6.07) is 3.20. The van der Waals surface area contributed by atoms with Gasteiger partial charge in [-0.1, -0.05) is 11.3 Å². The lowest BCUT2D eigenvalue weighted by Crippen LogP contribution is -2.52. The number of benzene rings is 1. The lowest BCUT2D eigenvalue weighted by atomic mass is 10.2. The van der Waals surface area contributed by atoms with Crippen LogP contribution in [0, 0.1) is 0 Å². The molecule has 41 heavy (non-hydrogen) atoms. The van der Waals surface area contributed by atoms with Crippen LogP contribution in [0.3, 0.4) is 0 Å². The Morgan fingerprint density at radius 2 is 1.83 bits per heavy atom. The van der Waals surface area contributed by atoms with Crippen LogP contribution >= 0.6 is 11.3 Å². The van der Waals surface area contributed by atoms with Crippen molar-refractivity contribution < 1.29 is 26.7 Å². The number of nitrogens with zero attached hydrogens (tertiary/aromatic N) is 6. The number of ether oxygens (including phenoxy) is 1. The highest BCUT2D eigenvalue weighted by Gasteiger charge is 2.52. The molecule has 3 heterocycles. The van der Waals surface area contributed by atoms with Gasteiger partial charge in [0.05, 0.1) is 16.1 Å². The lowest BCUT2D eigenvalue weighted by molar-refractivity contribution is -0.144. The largest absolute Gasteiger partial charge is 0.368 e. The summed E-state index contributed by atoms with van der Waals surface area (Å²) < 4.78 is 64.1. The third kappa shape index (κ3) is 4.79. The minimum atomic E-state index is -3.90. The van der Waals surface area contributed by atoms with Gasteiger partial charge in [-0.3, -0.25) is 9.36 Å². The van der Waals surface area contributed by atoms with Gasteiger partial charge in [-0.2, -0.15) is 0 Å². The summed E-state index contributed by atoms with van der Waals surface area (Å²) in [5.41, 5.74) is 0.503. The predicted molar refractivity (Wildman–Crippen MR) is 147 cm³/mol. The van der Waals surface area contributed by atoms with Gasteiger partial charge in [-0.15, -0.1) is 10.2 Å². The van der Waals surface area contributed by atoms with E-state index in [1.165, 1.54) is 0 Å².